The van der Waals surface area contributed by atoms with Crippen molar-refractivity contribution < 1.29 is 4.74 Å². The lowest BCUT2D eigenvalue weighted by molar-refractivity contribution is 0.0832. The van der Waals surface area contributed by atoms with Gasteiger partial charge in [0, 0.05) is 25.3 Å². The summed E-state index contributed by atoms with van der Waals surface area (Å²) in [7, 11) is 0. The van der Waals surface area contributed by atoms with Gasteiger partial charge in [-0.2, -0.15) is 5.10 Å². The molecule has 1 saturated heterocycles. The Balaban J connectivity index is 2.04. The number of nitrogens with zero attached hydrogens (tertiary/aromatic N) is 3. The molecule has 2 aromatic rings. The second-order valence-corrected chi connectivity index (χ2v) is 4.71. The molecule has 0 amide bonds. The summed E-state index contributed by atoms with van der Waals surface area (Å²) >= 11 is 5.31. The number of hydrogen-bond acceptors (Lipinski definition) is 4. The van der Waals surface area contributed by atoms with Crippen LogP contribution in [0.4, 0.5) is 0 Å². The molecule has 0 aromatic carbocycles. The van der Waals surface area contributed by atoms with Gasteiger partial charge in [0.15, 0.2) is 4.77 Å². The molecule has 0 atom stereocenters. The third kappa shape index (κ3) is 2.09. The predicted molar refractivity (Wildman–Crippen MR) is 69.3 cm³/mol. The summed E-state index contributed by atoms with van der Waals surface area (Å²) in [6, 6.07) is 3.89. The van der Waals surface area contributed by atoms with E-state index in [-0.39, 0.29) is 0 Å². The van der Waals surface area contributed by atoms with Crippen LogP contribution in [0.15, 0.2) is 24.5 Å². The van der Waals surface area contributed by atoms with Crippen LogP contribution >= 0.6 is 12.2 Å². The van der Waals surface area contributed by atoms with Crippen LogP contribution in [0.25, 0.3) is 5.69 Å². The van der Waals surface area contributed by atoms with E-state index in [2.05, 4.69) is 15.2 Å². The van der Waals surface area contributed by atoms with E-state index in [9.17, 15) is 0 Å². The van der Waals surface area contributed by atoms with Crippen molar-refractivity contribution >= 4 is 12.2 Å². The highest BCUT2D eigenvalue weighted by atomic mass is 32.1. The Bertz CT molecular complexity index is 571. The van der Waals surface area contributed by atoms with E-state index < -0.39 is 0 Å². The topological polar surface area (TPSA) is 55.7 Å². The third-order valence-corrected chi connectivity index (χ3v) is 3.46. The van der Waals surface area contributed by atoms with Crippen molar-refractivity contribution in [1.29, 1.82) is 0 Å². The number of pyridine rings is 1. The Hall–Kier alpha value is -1.53. The van der Waals surface area contributed by atoms with Crippen LogP contribution in [-0.4, -0.2) is 33.0 Å². The van der Waals surface area contributed by atoms with Gasteiger partial charge in [-0.05, 0) is 37.2 Å². The highest BCUT2D eigenvalue weighted by Gasteiger charge is 2.22. The number of H-pyrrole nitrogens is 1. The van der Waals surface area contributed by atoms with Crippen LogP contribution in [-0.2, 0) is 4.74 Å². The summed E-state index contributed by atoms with van der Waals surface area (Å²) < 4.78 is 7.97. The minimum Gasteiger partial charge on any atom is -0.381 e. The van der Waals surface area contributed by atoms with Crippen molar-refractivity contribution in [1.82, 2.24) is 19.7 Å². The fourth-order valence-electron chi connectivity index (χ4n) is 2.27. The second kappa shape index (κ2) is 4.99. The van der Waals surface area contributed by atoms with Crippen LogP contribution in [0.5, 0.6) is 0 Å². The smallest absolute Gasteiger partial charge is 0.199 e. The van der Waals surface area contributed by atoms with E-state index in [1.54, 1.807) is 12.4 Å². The maximum atomic E-state index is 5.39. The summed E-state index contributed by atoms with van der Waals surface area (Å²) in [4.78, 5) is 4.13. The number of hydrogen-bond donors (Lipinski definition) is 1. The SMILES string of the molecule is S=c1[nH]nc(C2CCOCC2)n1-c1cccnc1. The quantitative estimate of drug-likeness (QED) is 0.843. The van der Waals surface area contributed by atoms with Gasteiger partial charge in [-0.1, -0.05) is 0 Å². The Labute approximate surface area is 110 Å². The van der Waals surface area contributed by atoms with Crippen LogP contribution in [0.3, 0.4) is 0 Å². The highest BCUT2D eigenvalue weighted by molar-refractivity contribution is 7.71. The molecule has 0 bridgehead atoms. The van der Waals surface area contributed by atoms with Crippen LogP contribution < -0.4 is 0 Å². The van der Waals surface area contributed by atoms with Gasteiger partial charge in [-0.3, -0.25) is 14.6 Å². The van der Waals surface area contributed by atoms with Crippen molar-refractivity contribution in [2.75, 3.05) is 13.2 Å². The number of rotatable bonds is 2. The Morgan fingerprint density at radius 2 is 2.22 bits per heavy atom. The van der Waals surface area contributed by atoms with Crippen molar-refractivity contribution in [2.24, 2.45) is 0 Å². The van der Waals surface area contributed by atoms with Crippen molar-refractivity contribution in [2.45, 2.75) is 18.8 Å². The third-order valence-electron chi connectivity index (χ3n) is 3.19. The minimum atomic E-state index is 0.395. The fourth-order valence-corrected chi connectivity index (χ4v) is 2.52. The maximum absolute atomic E-state index is 5.39. The molecule has 1 N–H and O–H groups in total. The van der Waals surface area contributed by atoms with Crippen LogP contribution in [0.1, 0.15) is 24.6 Å². The molecule has 94 valence electrons. The summed E-state index contributed by atoms with van der Waals surface area (Å²) in [5, 5.41) is 7.26. The molecule has 18 heavy (non-hydrogen) atoms. The molecule has 5 nitrogen and oxygen atoms in total. The van der Waals surface area contributed by atoms with E-state index in [1.807, 2.05) is 16.7 Å². The molecular formula is C12H14N4OS. The Kier molecular flexibility index (Phi) is 3.21. The van der Waals surface area contributed by atoms with Crippen LogP contribution in [0.2, 0.25) is 0 Å². The number of ether oxygens (including phenoxy) is 1. The summed E-state index contributed by atoms with van der Waals surface area (Å²) in [6.07, 6.45) is 5.52. The first-order valence-electron chi connectivity index (χ1n) is 6.02. The molecule has 3 rings (SSSR count). The Morgan fingerprint density at radius 3 is 2.94 bits per heavy atom. The molecule has 0 saturated carbocycles. The Morgan fingerprint density at radius 1 is 1.39 bits per heavy atom. The maximum Gasteiger partial charge on any atom is 0.199 e. The van der Waals surface area contributed by atoms with Gasteiger partial charge in [-0.25, -0.2) is 0 Å². The van der Waals surface area contributed by atoms with Gasteiger partial charge in [0.2, 0.25) is 0 Å². The molecule has 0 aliphatic carbocycles. The largest absolute Gasteiger partial charge is 0.381 e. The standard InChI is InChI=1S/C12H14N4OS/c18-12-15-14-11(9-3-6-17-7-4-9)16(12)10-2-1-5-13-8-10/h1-2,5,8-9H,3-4,6-7H2,(H,15,18). The van der Waals surface area contributed by atoms with E-state index in [4.69, 9.17) is 17.0 Å². The normalized spacial score (nSPS) is 16.9. The molecule has 2 aromatic heterocycles. The second-order valence-electron chi connectivity index (χ2n) is 4.32. The summed E-state index contributed by atoms with van der Waals surface area (Å²) in [6.45, 7) is 1.58. The molecule has 1 fully saturated rings. The molecule has 1 aliphatic heterocycles. The zero-order valence-corrected chi connectivity index (χ0v) is 10.7. The lowest BCUT2D eigenvalue weighted by Crippen LogP contribution is -2.17. The molecule has 0 radical (unpaired) electrons. The van der Waals surface area contributed by atoms with Gasteiger partial charge >= 0.3 is 0 Å². The predicted octanol–water partition coefficient (Wildman–Crippen LogP) is 2.22. The van der Waals surface area contributed by atoms with Crippen molar-refractivity contribution in [3.8, 4) is 5.69 Å². The van der Waals surface area contributed by atoms with E-state index in [0.29, 0.717) is 10.7 Å². The zero-order chi connectivity index (χ0) is 12.4. The number of aromatic nitrogens is 4. The first-order valence-corrected chi connectivity index (χ1v) is 6.42. The van der Waals surface area contributed by atoms with Crippen LogP contribution in [0, 0.1) is 4.77 Å². The van der Waals surface area contributed by atoms with Gasteiger partial charge < -0.3 is 4.74 Å². The van der Waals surface area contributed by atoms with Crippen molar-refractivity contribution in [3.63, 3.8) is 0 Å². The lowest BCUT2D eigenvalue weighted by Gasteiger charge is -2.21. The number of aromatic amines is 1. The first-order chi connectivity index (χ1) is 8.86. The van der Waals surface area contributed by atoms with E-state index in [1.165, 1.54) is 0 Å². The van der Waals surface area contributed by atoms with Gasteiger partial charge in [0.25, 0.3) is 0 Å². The average Bonchev–Trinajstić information content (AvgIpc) is 2.83. The monoisotopic (exact) mass is 262 g/mol. The average molecular weight is 262 g/mol. The summed E-state index contributed by atoms with van der Waals surface area (Å²) in [5.41, 5.74) is 0.956. The van der Waals surface area contributed by atoms with Crippen molar-refractivity contribution in [3.05, 3.63) is 35.1 Å². The van der Waals surface area contributed by atoms with Gasteiger partial charge in [0.05, 0.1) is 11.9 Å². The molecule has 1 aliphatic rings. The molecular weight excluding hydrogens is 248 g/mol. The molecule has 3 heterocycles. The molecule has 0 spiro atoms. The highest BCUT2D eigenvalue weighted by Crippen LogP contribution is 2.27. The van der Waals surface area contributed by atoms with E-state index in [0.717, 1.165) is 37.6 Å². The van der Waals surface area contributed by atoms with Gasteiger partial charge in [-0.15, -0.1) is 0 Å². The molecule has 6 heteroatoms. The zero-order valence-electron chi connectivity index (χ0n) is 9.87. The summed E-state index contributed by atoms with van der Waals surface area (Å²) in [5.74, 6) is 1.38. The first kappa shape index (κ1) is 11.6. The van der Waals surface area contributed by atoms with E-state index >= 15 is 0 Å². The van der Waals surface area contributed by atoms with Gasteiger partial charge in [0.1, 0.15) is 5.82 Å². The minimum absolute atomic E-state index is 0.395. The number of nitrogens with one attached hydrogen (secondary N) is 1. The molecule has 0 unspecified atom stereocenters. The lowest BCUT2D eigenvalue weighted by atomic mass is 9.99. The fraction of sp³-hybridized carbons (Fsp3) is 0.417.